The molecular formula is C15H15BrO2. The molecule has 0 fully saturated rings. The molecular weight excluding hydrogens is 292 g/mol. The van der Waals surface area contributed by atoms with Crippen LogP contribution in [0.25, 0.3) is 0 Å². The van der Waals surface area contributed by atoms with Crippen molar-refractivity contribution in [2.24, 2.45) is 0 Å². The van der Waals surface area contributed by atoms with E-state index in [1.807, 2.05) is 55.5 Å². The van der Waals surface area contributed by atoms with Crippen LogP contribution in [0.15, 0.2) is 53.0 Å². The summed E-state index contributed by atoms with van der Waals surface area (Å²) in [5.74, 6) is 1.65. The fraction of sp³-hybridized carbons (Fsp3) is 0.200. The third kappa shape index (κ3) is 3.50. The van der Waals surface area contributed by atoms with E-state index in [0.717, 1.165) is 21.5 Å². The number of hydrogen-bond acceptors (Lipinski definition) is 2. The lowest BCUT2D eigenvalue weighted by molar-refractivity contribution is 0.299. The molecule has 0 saturated heterocycles. The highest BCUT2D eigenvalue weighted by molar-refractivity contribution is 9.10. The SMILES string of the molecule is CCOc1cccc(OCc2ccccc2Br)c1. The zero-order valence-electron chi connectivity index (χ0n) is 10.2. The van der Waals surface area contributed by atoms with Crippen LogP contribution >= 0.6 is 15.9 Å². The molecule has 94 valence electrons. The van der Waals surface area contributed by atoms with E-state index in [0.29, 0.717) is 13.2 Å². The molecule has 0 unspecified atom stereocenters. The van der Waals surface area contributed by atoms with Crippen molar-refractivity contribution in [2.75, 3.05) is 6.61 Å². The highest BCUT2D eigenvalue weighted by Gasteiger charge is 2.01. The van der Waals surface area contributed by atoms with Crippen molar-refractivity contribution in [2.45, 2.75) is 13.5 Å². The smallest absolute Gasteiger partial charge is 0.123 e. The van der Waals surface area contributed by atoms with Crippen LogP contribution in [-0.2, 0) is 6.61 Å². The summed E-state index contributed by atoms with van der Waals surface area (Å²) < 4.78 is 12.2. The van der Waals surface area contributed by atoms with Crippen molar-refractivity contribution >= 4 is 15.9 Å². The van der Waals surface area contributed by atoms with Crippen LogP contribution in [0, 0.1) is 0 Å². The number of halogens is 1. The molecule has 0 N–H and O–H groups in total. The Morgan fingerprint density at radius 1 is 0.944 bits per heavy atom. The monoisotopic (exact) mass is 306 g/mol. The lowest BCUT2D eigenvalue weighted by atomic mass is 10.2. The number of ether oxygens (including phenoxy) is 2. The molecule has 2 nitrogen and oxygen atoms in total. The molecule has 0 atom stereocenters. The second-order valence-electron chi connectivity index (χ2n) is 3.79. The van der Waals surface area contributed by atoms with Crippen molar-refractivity contribution in [1.29, 1.82) is 0 Å². The molecule has 0 aliphatic carbocycles. The first kappa shape index (κ1) is 13.0. The molecule has 0 amide bonds. The highest BCUT2D eigenvalue weighted by Crippen LogP contribution is 2.22. The third-order valence-electron chi connectivity index (χ3n) is 2.47. The Morgan fingerprint density at radius 2 is 1.67 bits per heavy atom. The van der Waals surface area contributed by atoms with Gasteiger partial charge in [-0.05, 0) is 25.1 Å². The molecule has 0 saturated carbocycles. The summed E-state index contributed by atoms with van der Waals surface area (Å²) in [6, 6.07) is 15.7. The Balaban J connectivity index is 2.02. The van der Waals surface area contributed by atoms with Crippen LogP contribution in [0.4, 0.5) is 0 Å². The summed E-state index contributed by atoms with van der Waals surface area (Å²) in [5.41, 5.74) is 1.12. The minimum Gasteiger partial charge on any atom is -0.494 e. The van der Waals surface area contributed by atoms with Gasteiger partial charge in [-0.25, -0.2) is 0 Å². The van der Waals surface area contributed by atoms with Gasteiger partial charge in [-0.2, -0.15) is 0 Å². The van der Waals surface area contributed by atoms with E-state index >= 15 is 0 Å². The number of rotatable bonds is 5. The van der Waals surface area contributed by atoms with Gasteiger partial charge in [-0.15, -0.1) is 0 Å². The molecule has 18 heavy (non-hydrogen) atoms. The Labute approximate surface area is 116 Å². The molecule has 0 aliphatic rings. The summed E-state index contributed by atoms with van der Waals surface area (Å²) in [7, 11) is 0. The van der Waals surface area contributed by atoms with Gasteiger partial charge < -0.3 is 9.47 Å². The number of benzene rings is 2. The lowest BCUT2D eigenvalue weighted by Crippen LogP contribution is -1.97. The van der Waals surface area contributed by atoms with Crippen molar-refractivity contribution in [3.05, 3.63) is 58.6 Å². The minimum absolute atomic E-state index is 0.539. The average Bonchev–Trinajstić information content (AvgIpc) is 2.39. The molecule has 0 aliphatic heterocycles. The topological polar surface area (TPSA) is 18.5 Å². The van der Waals surface area contributed by atoms with E-state index in [-0.39, 0.29) is 0 Å². The molecule has 0 bridgehead atoms. The Kier molecular flexibility index (Phi) is 4.65. The minimum atomic E-state index is 0.539. The normalized spacial score (nSPS) is 10.1. The molecule has 0 spiro atoms. The van der Waals surface area contributed by atoms with Crippen LogP contribution in [0.3, 0.4) is 0 Å². The largest absolute Gasteiger partial charge is 0.494 e. The average molecular weight is 307 g/mol. The molecule has 2 aromatic carbocycles. The van der Waals surface area contributed by atoms with E-state index in [1.165, 1.54) is 0 Å². The van der Waals surface area contributed by atoms with Gasteiger partial charge in [0.05, 0.1) is 6.61 Å². The van der Waals surface area contributed by atoms with Crippen molar-refractivity contribution in [3.8, 4) is 11.5 Å². The van der Waals surface area contributed by atoms with Gasteiger partial charge in [-0.1, -0.05) is 40.2 Å². The van der Waals surface area contributed by atoms with Crippen molar-refractivity contribution in [1.82, 2.24) is 0 Å². The van der Waals surface area contributed by atoms with E-state index in [1.54, 1.807) is 0 Å². The maximum atomic E-state index is 5.75. The van der Waals surface area contributed by atoms with Gasteiger partial charge in [0.25, 0.3) is 0 Å². The summed E-state index contributed by atoms with van der Waals surface area (Å²) >= 11 is 3.50. The predicted octanol–water partition coefficient (Wildman–Crippen LogP) is 4.43. The molecule has 2 rings (SSSR count). The highest BCUT2D eigenvalue weighted by atomic mass is 79.9. The lowest BCUT2D eigenvalue weighted by Gasteiger charge is -2.09. The first-order chi connectivity index (χ1) is 8.79. The number of hydrogen-bond donors (Lipinski definition) is 0. The summed E-state index contributed by atoms with van der Waals surface area (Å²) in [6.07, 6.45) is 0. The Hall–Kier alpha value is -1.48. The van der Waals surface area contributed by atoms with E-state index in [9.17, 15) is 0 Å². The van der Waals surface area contributed by atoms with E-state index in [2.05, 4.69) is 15.9 Å². The summed E-state index contributed by atoms with van der Waals surface area (Å²) in [5, 5.41) is 0. The molecule has 3 heteroatoms. The molecule has 2 aromatic rings. The summed E-state index contributed by atoms with van der Waals surface area (Å²) in [6.45, 7) is 3.17. The van der Waals surface area contributed by atoms with Crippen LogP contribution in [0.5, 0.6) is 11.5 Å². The molecule has 0 heterocycles. The first-order valence-electron chi connectivity index (χ1n) is 5.88. The predicted molar refractivity (Wildman–Crippen MR) is 76.1 cm³/mol. The maximum Gasteiger partial charge on any atom is 0.123 e. The quantitative estimate of drug-likeness (QED) is 0.813. The zero-order chi connectivity index (χ0) is 12.8. The zero-order valence-corrected chi connectivity index (χ0v) is 11.8. The Morgan fingerprint density at radius 3 is 2.39 bits per heavy atom. The van der Waals surface area contributed by atoms with Gasteiger partial charge >= 0.3 is 0 Å². The summed E-state index contributed by atoms with van der Waals surface area (Å²) in [4.78, 5) is 0. The Bertz CT molecular complexity index is 511. The third-order valence-corrected chi connectivity index (χ3v) is 3.24. The van der Waals surface area contributed by atoms with Crippen LogP contribution in [-0.4, -0.2) is 6.61 Å². The standard InChI is InChI=1S/C15H15BrO2/c1-2-17-13-7-5-8-14(10-13)18-11-12-6-3-4-9-15(12)16/h3-10H,2,11H2,1H3. The van der Waals surface area contributed by atoms with Gasteiger partial charge in [0.1, 0.15) is 18.1 Å². The second-order valence-corrected chi connectivity index (χ2v) is 4.64. The van der Waals surface area contributed by atoms with Crippen LogP contribution in [0.1, 0.15) is 12.5 Å². The van der Waals surface area contributed by atoms with Gasteiger partial charge in [0, 0.05) is 16.1 Å². The fourth-order valence-electron chi connectivity index (χ4n) is 1.60. The van der Waals surface area contributed by atoms with Gasteiger partial charge in [0.15, 0.2) is 0 Å². The van der Waals surface area contributed by atoms with Crippen molar-refractivity contribution < 1.29 is 9.47 Å². The van der Waals surface area contributed by atoms with E-state index < -0.39 is 0 Å². The fourth-order valence-corrected chi connectivity index (χ4v) is 2.00. The maximum absolute atomic E-state index is 5.75. The van der Waals surface area contributed by atoms with Crippen molar-refractivity contribution in [3.63, 3.8) is 0 Å². The molecule has 0 aromatic heterocycles. The molecule has 0 radical (unpaired) electrons. The first-order valence-corrected chi connectivity index (χ1v) is 6.68. The second kappa shape index (κ2) is 6.45. The van der Waals surface area contributed by atoms with Crippen LogP contribution < -0.4 is 9.47 Å². The van der Waals surface area contributed by atoms with E-state index in [4.69, 9.17) is 9.47 Å². The van der Waals surface area contributed by atoms with Gasteiger partial charge in [-0.3, -0.25) is 0 Å². The van der Waals surface area contributed by atoms with Crippen LogP contribution in [0.2, 0.25) is 0 Å². The van der Waals surface area contributed by atoms with Gasteiger partial charge in [0.2, 0.25) is 0 Å².